The standard InChI is InChI=1S/C26H29N5O/c1-27-20-10-12-30(13-11-20)21-5-7-23-19(14-21)4-9-26(29-23)31-17-28-24-15-22(6-8-25(24)31)32-16-18-2-3-18/h4-9,14-15,17-18,20,27H,2-3,10-13,16H2,1H3. The molecule has 1 aliphatic heterocycles. The predicted molar refractivity (Wildman–Crippen MR) is 129 cm³/mol. The normalized spacial score (nSPS) is 17.3. The second-order valence-corrected chi connectivity index (χ2v) is 9.12. The van der Waals surface area contributed by atoms with E-state index in [1.54, 1.807) is 0 Å². The van der Waals surface area contributed by atoms with Gasteiger partial charge in [0.1, 0.15) is 17.9 Å². The van der Waals surface area contributed by atoms with Gasteiger partial charge in [0.15, 0.2) is 0 Å². The van der Waals surface area contributed by atoms with E-state index in [0.717, 1.165) is 53.7 Å². The van der Waals surface area contributed by atoms with Gasteiger partial charge in [0.2, 0.25) is 0 Å². The first-order chi connectivity index (χ1) is 15.8. The minimum Gasteiger partial charge on any atom is -0.493 e. The number of ether oxygens (including phenoxy) is 1. The number of fused-ring (bicyclic) bond motifs is 2. The summed E-state index contributed by atoms with van der Waals surface area (Å²) in [6.07, 6.45) is 6.81. The van der Waals surface area contributed by atoms with Gasteiger partial charge < -0.3 is 15.0 Å². The molecule has 164 valence electrons. The molecule has 0 spiro atoms. The van der Waals surface area contributed by atoms with Crippen LogP contribution in [0.2, 0.25) is 0 Å². The number of nitrogens with one attached hydrogen (secondary N) is 1. The maximum absolute atomic E-state index is 5.91. The summed E-state index contributed by atoms with van der Waals surface area (Å²) in [5.41, 5.74) is 4.26. The number of rotatable bonds is 6. The number of hydrogen-bond acceptors (Lipinski definition) is 5. The summed E-state index contributed by atoms with van der Waals surface area (Å²) in [4.78, 5) is 12.0. The number of aromatic nitrogens is 3. The number of benzene rings is 2. The molecule has 1 saturated heterocycles. The zero-order valence-electron chi connectivity index (χ0n) is 18.5. The lowest BCUT2D eigenvalue weighted by Gasteiger charge is -2.33. The van der Waals surface area contributed by atoms with Crippen molar-refractivity contribution in [1.29, 1.82) is 0 Å². The molecular formula is C26H29N5O. The van der Waals surface area contributed by atoms with E-state index in [9.17, 15) is 0 Å². The Bertz CT molecular complexity index is 1250. The van der Waals surface area contributed by atoms with Gasteiger partial charge in [0.25, 0.3) is 0 Å². The highest BCUT2D eigenvalue weighted by Crippen LogP contribution is 2.31. The maximum atomic E-state index is 5.91. The van der Waals surface area contributed by atoms with E-state index >= 15 is 0 Å². The Morgan fingerprint density at radius 1 is 0.969 bits per heavy atom. The van der Waals surface area contributed by atoms with Crippen molar-refractivity contribution in [3.63, 3.8) is 0 Å². The van der Waals surface area contributed by atoms with Crippen LogP contribution in [0.1, 0.15) is 25.7 Å². The average Bonchev–Trinajstić information content (AvgIpc) is 3.59. The third-order valence-corrected chi connectivity index (χ3v) is 6.87. The van der Waals surface area contributed by atoms with Crippen LogP contribution in [-0.2, 0) is 0 Å². The quantitative estimate of drug-likeness (QED) is 0.489. The van der Waals surface area contributed by atoms with Crippen molar-refractivity contribution in [2.24, 2.45) is 5.92 Å². The van der Waals surface area contributed by atoms with Crippen molar-refractivity contribution in [2.75, 3.05) is 31.6 Å². The molecule has 6 nitrogen and oxygen atoms in total. The number of piperidine rings is 1. The van der Waals surface area contributed by atoms with E-state index in [2.05, 4.69) is 63.2 Å². The monoisotopic (exact) mass is 427 g/mol. The van der Waals surface area contributed by atoms with E-state index in [0.29, 0.717) is 6.04 Å². The van der Waals surface area contributed by atoms with E-state index in [4.69, 9.17) is 9.72 Å². The van der Waals surface area contributed by atoms with E-state index < -0.39 is 0 Å². The van der Waals surface area contributed by atoms with Gasteiger partial charge in [-0.2, -0.15) is 0 Å². The summed E-state index contributed by atoms with van der Waals surface area (Å²) < 4.78 is 7.96. The zero-order chi connectivity index (χ0) is 21.5. The molecule has 6 heteroatoms. The Hall–Kier alpha value is -3.12. The Morgan fingerprint density at radius 3 is 2.66 bits per heavy atom. The van der Waals surface area contributed by atoms with E-state index in [-0.39, 0.29) is 0 Å². The molecule has 6 rings (SSSR count). The van der Waals surface area contributed by atoms with Crippen LogP contribution in [0.4, 0.5) is 5.69 Å². The number of pyridine rings is 1. The molecule has 2 aliphatic rings. The highest BCUT2D eigenvalue weighted by molar-refractivity contribution is 5.84. The fourth-order valence-electron chi connectivity index (χ4n) is 4.62. The topological polar surface area (TPSA) is 55.2 Å². The molecule has 0 amide bonds. The zero-order valence-corrected chi connectivity index (χ0v) is 18.5. The highest BCUT2D eigenvalue weighted by Gasteiger charge is 2.22. The SMILES string of the molecule is CNC1CCN(c2ccc3nc(-n4cnc5cc(OCC6CC6)ccc54)ccc3c2)CC1. The van der Waals surface area contributed by atoms with Crippen molar-refractivity contribution in [3.8, 4) is 11.6 Å². The lowest BCUT2D eigenvalue weighted by atomic mass is 10.0. The molecule has 0 radical (unpaired) electrons. The molecule has 32 heavy (non-hydrogen) atoms. The molecule has 0 bridgehead atoms. The average molecular weight is 428 g/mol. The third-order valence-electron chi connectivity index (χ3n) is 6.87. The molecule has 3 heterocycles. The lowest BCUT2D eigenvalue weighted by Crippen LogP contribution is -2.41. The summed E-state index contributed by atoms with van der Waals surface area (Å²) in [6.45, 7) is 3.00. The Labute approximate surface area is 188 Å². The van der Waals surface area contributed by atoms with Crippen LogP contribution < -0.4 is 15.0 Å². The molecule has 4 aromatic rings. The molecule has 1 aliphatic carbocycles. The highest BCUT2D eigenvalue weighted by atomic mass is 16.5. The summed E-state index contributed by atoms with van der Waals surface area (Å²) in [7, 11) is 2.06. The van der Waals surface area contributed by atoms with Gasteiger partial charge >= 0.3 is 0 Å². The largest absolute Gasteiger partial charge is 0.493 e. The molecule has 1 saturated carbocycles. The molecular weight excluding hydrogens is 398 g/mol. The smallest absolute Gasteiger partial charge is 0.139 e. The lowest BCUT2D eigenvalue weighted by molar-refractivity contribution is 0.300. The van der Waals surface area contributed by atoms with Crippen molar-refractivity contribution >= 4 is 27.6 Å². The second-order valence-electron chi connectivity index (χ2n) is 9.12. The fraction of sp³-hybridized carbons (Fsp3) is 0.385. The minimum atomic E-state index is 0.641. The van der Waals surface area contributed by atoms with Crippen LogP contribution in [0.15, 0.2) is 54.9 Å². The number of imidazole rings is 1. The summed E-state index contributed by atoms with van der Waals surface area (Å²) in [5.74, 6) is 2.52. The number of hydrogen-bond donors (Lipinski definition) is 1. The number of anilines is 1. The molecule has 2 aromatic carbocycles. The Kier molecular flexibility index (Phi) is 4.95. The second kappa shape index (κ2) is 8.10. The maximum Gasteiger partial charge on any atom is 0.139 e. The van der Waals surface area contributed by atoms with Crippen LogP contribution in [0, 0.1) is 5.92 Å². The minimum absolute atomic E-state index is 0.641. The van der Waals surface area contributed by atoms with Gasteiger partial charge in [0.05, 0.1) is 23.2 Å². The van der Waals surface area contributed by atoms with Crippen molar-refractivity contribution in [3.05, 3.63) is 54.9 Å². The first kappa shape index (κ1) is 19.6. The van der Waals surface area contributed by atoms with Gasteiger partial charge in [-0.15, -0.1) is 0 Å². The fourth-order valence-corrected chi connectivity index (χ4v) is 4.62. The van der Waals surface area contributed by atoms with Gasteiger partial charge in [-0.3, -0.25) is 4.57 Å². The summed E-state index contributed by atoms with van der Waals surface area (Å²) in [6, 6.07) is 17.6. The first-order valence-corrected chi connectivity index (χ1v) is 11.7. The van der Waals surface area contributed by atoms with Crippen LogP contribution in [-0.4, -0.2) is 47.3 Å². The molecule has 2 aromatic heterocycles. The van der Waals surface area contributed by atoms with Gasteiger partial charge in [-0.25, -0.2) is 9.97 Å². The Balaban J connectivity index is 1.25. The van der Waals surface area contributed by atoms with Crippen molar-refractivity contribution < 1.29 is 4.74 Å². The van der Waals surface area contributed by atoms with E-state index in [1.807, 2.05) is 18.5 Å². The first-order valence-electron chi connectivity index (χ1n) is 11.7. The predicted octanol–water partition coefficient (Wildman–Crippen LogP) is 4.55. The Morgan fingerprint density at radius 2 is 1.84 bits per heavy atom. The molecule has 0 unspecified atom stereocenters. The van der Waals surface area contributed by atoms with Crippen LogP contribution in [0.3, 0.4) is 0 Å². The van der Waals surface area contributed by atoms with Gasteiger partial charge in [0, 0.05) is 36.3 Å². The van der Waals surface area contributed by atoms with Crippen LogP contribution in [0.25, 0.3) is 27.8 Å². The van der Waals surface area contributed by atoms with Crippen molar-refractivity contribution in [2.45, 2.75) is 31.7 Å². The van der Waals surface area contributed by atoms with Crippen LogP contribution >= 0.6 is 0 Å². The van der Waals surface area contributed by atoms with Gasteiger partial charge in [-0.05, 0) is 81.1 Å². The molecule has 1 N–H and O–H groups in total. The van der Waals surface area contributed by atoms with Crippen molar-refractivity contribution in [1.82, 2.24) is 19.9 Å². The molecule has 2 fully saturated rings. The third kappa shape index (κ3) is 3.79. The molecule has 0 atom stereocenters. The van der Waals surface area contributed by atoms with E-state index in [1.165, 1.54) is 36.8 Å². The van der Waals surface area contributed by atoms with Crippen LogP contribution in [0.5, 0.6) is 5.75 Å². The summed E-state index contributed by atoms with van der Waals surface area (Å²) in [5, 5.41) is 4.57. The summed E-state index contributed by atoms with van der Waals surface area (Å²) >= 11 is 0. The van der Waals surface area contributed by atoms with Gasteiger partial charge in [-0.1, -0.05) is 0 Å². The number of nitrogens with zero attached hydrogens (tertiary/aromatic N) is 4.